The molecule has 1 fully saturated rings. The fourth-order valence-corrected chi connectivity index (χ4v) is 3.07. The Balaban J connectivity index is 1.77. The first-order valence-corrected chi connectivity index (χ1v) is 8.95. The molecule has 1 saturated heterocycles. The van der Waals surface area contributed by atoms with Crippen molar-refractivity contribution in [3.05, 3.63) is 29.8 Å². The molecule has 0 bridgehead atoms. The summed E-state index contributed by atoms with van der Waals surface area (Å²) in [4.78, 5) is 16.7. The van der Waals surface area contributed by atoms with Crippen LogP contribution in [0.2, 0.25) is 0 Å². The minimum atomic E-state index is -4.50. The summed E-state index contributed by atoms with van der Waals surface area (Å²) in [6, 6.07) is 4.34. The molecule has 0 saturated carbocycles. The Hall–Kier alpha value is -1.80. The van der Waals surface area contributed by atoms with Crippen molar-refractivity contribution in [2.45, 2.75) is 20.0 Å². The van der Waals surface area contributed by atoms with Gasteiger partial charge in [0.15, 0.2) is 0 Å². The van der Waals surface area contributed by atoms with Gasteiger partial charge < -0.3 is 20.4 Å². The Morgan fingerprint density at radius 1 is 1.15 bits per heavy atom. The molecule has 0 spiro atoms. The Kier molecular flexibility index (Phi) is 7.28. The van der Waals surface area contributed by atoms with Crippen LogP contribution in [-0.4, -0.2) is 61.6 Å². The molecule has 2 amide bonds. The molecule has 1 aliphatic rings. The quantitative estimate of drug-likeness (QED) is 0.807. The van der Waals surface area contributed by atoms with E-state index in [1.54, 1.807) is 0 Å². The summed E-state index contributed by atoms with van der Waals surface area (Å²) in [7, 11) is 0. The van der Waals surface area contributed by atoms with Gasteiger partial charge in [0.25, 0.3) is 0 Å². The summed E-state index contributed by atoms with van der Waals surface area (Å²) in [5.41, 5.74) is -1.09. The highest BCUT2D eigenvalue weighted by Gasteiger charge is 2.33. The number of piperazine rings is 1. The topological polar surface area (TPSA) is 47.6 Å². The van der Waals surface area contributed by atoms with Crippen LogP contribution in [0.5, 0.6) is 0 Å². The lowest BCUT2D eigenvalue weighted by atomic mass is 10.1. The summed E-state index contributed by atoms with van der Waals surface area (Å²) >= 11 is 0. The van der Waals surface area contributed by atoms with Crippen molar-refractivity contribution in [2.75, 3.05) is 51.1 Å². The van der Waals surface area contributed by atoms with Crippen LogP contribution in [0, 0.1) is 5.92 Å². The predicted octanol–water partition coefficient (Wildman–Crippen LogP) is 3.10. The number of alkyl halides is 3. The maximum Gasteiger partial charge on any atom is 0.418 e. The SMILES string of the molecule is CCN1CCN(CC(C)CNC(=O)Nc2ccccc2C(F)(F)F)CC1. The van der Waals surface area contributed by atoms with Crippen LogP contribution in [0.3, 0.4) is 0 Å². The van der Waals surface area contributed by atoms with E-state index in [1.165, 1.54) is 18.2 Å². The monoisotopic (exact) mass is 372 g/mol. The molecule has 5 nitrogen and oxygen atoms in total. The van der Waals surface area contributed by atoms with E-state index in [4.69, 9.17) is 0 Å². The molecule has 1 aliphatic heterocycles. The van der Waals surface area contributed by atoms with E-state index >= 15 is 0 Å². The third-order valence-electron chi connectivity index (χ3n) is 4.57. The number of halogens is 3. The number of hydrogen-bond donors (Lipinski definition) is 2. The zero-order chi connectivity index (χ0) is 19.2. The highest BCUT2D eigenvalue weighted by Crippen LogP contribution is 2.34. The lowest BCUT2D eigenvalue weighted by Crippen LogP contribution is -2.48. The standard InChI is InChI=1S/C18H27F3N4O/c1-3-24-8-10-25(11-9-24)13-14(2)12-22-17(26)23-16-7-5-4-6-15(16)18(19,20)21/h4-7,14H,3,8-13H2,1-2H3,(H2,22,23,26). The zero-order valence-electron chi connectivity index (χ0n) is 15.3. The molecule has 26 heavy (non-hydrogen) atoms. The predicted molar refractivity (Wildman–Crippen MR) is 96.2 cm³/mol. The summed E-state index contributed by atoms with van der Waals surface area (Å²) < 4.78 is 38.8. The van der Waals surface area contributed by atoms with Crippen molar-refractivity contribution >= 4 is 11.7 Å². The van der Waals surface area contributed by atoms with Gasteiger partial charge in [-0.25, -0.2) is 4.79 Å². The summed E-state index contributed by atoms with van der Waals surface area (Å²) in [6.45, 7) is 10.6. The Morgan fingerprint density at radius 2 is 1.77 bits per heavy atom. The van der Waals surface area contributed by atoms with Crippen molar-refractivity contribution in [3.8, 4) is 0 Å². The van der Waals surface area contributed by atoms with Gasteiger partial charge >= 0.3 is 12.2 Å². The molecule has 0 aromatic heterocycles. The van der Waals surface area contributed by atoms with Crippen LogP contribution in [-0.2, 0) is 6.18 Å². The van der Waals surface area contributed by atoms with Gasteiger partial charge in [0.2, 0.25) is 0 Å². The molecule has 146 valence electrons. The summed E-state index contributed by atoms with van der Waals surface area (Å²) in [6.07, 6.45) is -4.50. The van der Waals surface area contributed by atoms with Gasteiger partial charge in [-0.3, -0.25) is 0 Å². The summed E-state index contributed by atoms with van der Waals surface area (Å²) in [5.74, 6) is 0.215. The first-order chi connectivity index (χ1) is 12.3. The third kappa shape index (κ3) is 6.17. The number of anilines is 1. The first-order valence-electron chi connectivity index (χ1n) is 8.95. The van der Waals surface area contributed by atoms with Crippen molar-refractivity contribution in [1.29, 1.82) is 0 Å². The average molecular weight is 372 g/mol. The number of amides is 2. The molecule has 2 rings (SSSR count). The molecule has 1 heterocycles. The molecule has 0 radical (unpaired) electrons. The second-order valence-electron chi connectivity index (χ2n) is 6.72. The van der Waals surface area contributed by atoms with Crippen molar-refractivity contribution in [2.24, 2.45) is 5.92 Å². The minimum Gasteiger partial charge on any atom is -0.338 e. The van der Waals surface area contributed by atoms with Crippen LogP contribution in [0.15, 0.2) is 24.3 Å². The van der Waals surface area contributed by atoms with Gasteiger partial charge in [-0.1, -0.05) is 26.0 Å². The molecule has 8 heteroatoms. The third-order valence-corrected chi connectivity index (χ3v) is 4.57. The number of para-hydroxylation sites is 1. The molecule has 0 aliphatic carbocycles. The average Bonchev–Trinajstić information content (AvgIpc) is 2.60. The number of likely N-dealkylation sites (N-methyl/N-ethyl adjacent to an activating group) is 1. The van der Waals surface area contributed by atoms with E-state index in [9.17, 15) is 18.0 Å². The van der Waals surface area contributed by atoms with Gasteiger partial charge in [-0.15, -0.1) is 0 Å². The molecule has 1 aromatic rings. The van der Waals surface area contributed by atoms with Gasteiger partial charge in [0.1, 0.15) is 0 Å². The van der Waals surface area contributed by atoms with E-state index < -0.39 is 17.8 Å². The second kappa shape index (κ2) is 9.23. The van der Waals surface area contributed by atoms with E-state index in [-0.39, 0.29) is 11.6 Å². The van der Waals surface area contributed by atoms with Crippen molar-refractivity contribution in [3.63, 3.8) is 0 Å². The summed E-state index contributed by atoms with van der Waals surface area (Å²) in [5, 5.41) is 4.96. The molecule has 1 unspecified atom stereocenters. The molecule has 1 aromatic carbocycles. The molecular weight excluding hydrogens is 345 g/mol. The number of hydrogen-bond acceptors (Lipinski definition) is 3. The molecule has 1 atom stereocenters. The van der Waals surface area contributed by atoms with Crippen LogP contribution in [0.1, 0.15) is 19.4 Å². The van der Waals surface area contributed by atoms with Gasteiger partial charge in [0.05, 0.1) is 11.3 Å². The molecule has 2 N–H and O–H groups in total. The van der Waals surface area contributed by atoms with E-state index in [1.807, 2.05) is 6.92 Å². The lowest BCUT2D eigenvalue weighted by molar-refractivity contribution is -0.136. The zero-order valence-corrected chi connectivity index (χ0v) is 15.3. The Bertz CT molecular complexity index is 586. The number of rotatable bonds is 6. The number of nitrogens with zero attached hydrogens (tertiary/aromatic N) is 2. The molecular formula is C18H27F3N4O. The van der Waals surface area contributed by atoms with Gasteiger partial charge in [0, 0.05) is 39.3 Å². The minimum absolute atomic E-state index is 0.215. The maximum atomic E-state index is 12.9. The highest BCUT2D eigenvalue weighted by molar-refractivity contribution is 5.90. The van der Waals surface area contributed by atoms with Crippen LogP contribution in [0.4, 0.5) is 23.7 Å². The number of carbonyl (C=O) groups excluding carboxylic acids is 1. The van der Waals surface area contributed by atoms with E-state index in [0.29, 0.717) is 6.54 Å². The van der Waals surface area contributed by atoms with Crippen LogP contribution >= 0.6 is 0 Å². The smallest absolute Gasteiger partial charge is 0.338 e. The van der Waals surface area contributed by atoms with Crippen LogP contribution < -0.4 is 10.6 Å². The van der Waals surface area contributed by atoms with E-state index in [0.717, 1.165) is 45.3 Å². The number of benzene rings is 1. The normalized spacial score (nSPS) is 17.7. The van der Waals surface area contributed by atoms with Gasteiger partial charge in [-0.05, 0) is 24.6 Å². The van der Waals surface area contributed by atoms with Crippen molar-refractivity contribution in [1.82, 2.24) is 15.1 Å². The second-order valence-corrected chi connectivity index (χ2v) is 6.72. The largest absolute Gasteiger partial charge is 0.418 e. The number of carbonyl (C=O) groups is 1. The Morgan fingerprint density at radius 3 is 2.38 bits per heavy atom. The fraction of sp³-hybridized carbons (Fsp3) is 0.611. The van der Waals surface area contributed by atoms with E-state index in [2.05, 4.69) is 27.4 Å². The number of urea groups is 1. The van der Waals surface area contributed by atoms with Crippen molar-refractivity contribution < 1.29 is 18.0 Å². The fourth-order valence-electron chi connectivity index (χ4n) is 3.07. The number of nitrogens with one attached hydrogen (secondary N) is 2. The van der Waals surface area contributed by atoms with Crippen LogP contribution in [0.25, 0.3) is 0 Å². The maximum absolute atomic E-state index is 12.9. The van der Waals surface area contributed by atoms with Gasteiger partial charge in [-0.2, -0.15) is 13.2 Å². The first kappa shape index (κ1) is 20.5. The Labute approximate surface area is 152 Å². The highest BCUT2D eigenvalue weighted by atomic mass is 19.4. The lowest BCUT2D eigenvalue weighted by Gasteiger charge is -2.35.